The van der Waals surface area contributed by atoms with Gasteiger partial charge in [0.05, 0.1) is 11.0 Å². The molecule has 1 rings (SSSR count). The van der Waals surface area contributed by atoms with E-state index in [9.17, 15) is 18.9 Å². The number of alkyl halides is 2. The third kappa shape index (κ3) is 2.22. The minimum Gasteiger partial charge on any atom is -0.323 e. The largest absolute Gasteiger partial charge is 0.323 e. The van der Waals surface area contributed by atoms with E-state index in [1.54, 1.807) is 0 Å². The van der Waals surface area contributed by atoms with Crippen LogP contribution in [0.3, 0.4) is 0 Å². The summed E-state index contributed by atoms with van der Waals surface area (Å²) in [6.45, 7) is 0. The predicted octanol–water partition coefficient (Wildman–Crippen LogP) is 0.453. The van der Waals surface area contributed by atoms with Crippen molar-refractivity contribution < 1.29 is 13.7 Å². The quantitative estimate of drug-likeness (QED) is 0.552. The smallest absolute Gasteiger partial charge is 0.309 e. The minimum atomic E-state index is -2.71. The average Bonchev–Trinajstić information content (AvgIpc) is 2.52. The molecule has 14 heavy (non-hydrogen) atoms. The first kappa shape index (κ1) is 10.5. The van der Waals surface area contributed by atoms with Crippen LogP contribution in [0, 0.1) is 10.1 Å². The van der Waals surface area contributed by atoms with Gasteiger partial charge in [-0.1, -0.05) is 0 Å². The first-order valence-corrected chi connectivity index (χ1v) is 3.72. The van der Waals surface area contributed by atoms with E-state index in [0.717, 1.165) is 6.20 Å². The van der Waals surface area contributed by atoms with Crippen molar-refractivity contribution in [2.45, 2.75) is 18.9 Å². The highest BCUT2D eigenvalue weighted by atomic mass is 19.3. The summed E-state index contributed by atoms with van der Waals surface area (Å²) in [6, 6.07) is -1.42. The van der Waals surface area contributed by atoms with Gasteiger partial charge in [0.1, 0.15) is 11.9 Å². The number of nitrogens with two attached hydrogens (primary N) is 1. The average molecular weight is 206 g/mol. The fraction of sp³-hybridized carbons (Fsp3) is 0.500. The Labute approximate surface area is 77.2 Å². The third-order valence-corrected chi connectivity index (χ3v) is 1.66. The van der Waals surface area contributed by atoms with Crippen LogP contribution in [-0.2, 0) is 6.42 Å². The van der Waals surface area contributed by atoms with Crippen LogP contribution in [0.1, 0.15) is 5.69 Å². The van der Waals surface area contributed by atoms with E-state index in [2.05, 4.69) is 10.2 Å². The Morgan fingerprint density at radius 1 is 1.71 bits per heavy atom. The molecule has 1 aromatic rings. The van der Waals surface area contributed by atoms with Gasteiger partial charge in [-0.25, -0.2) is 8.78 Å². The molecule has 0 bridgehead atoms. The monoisotopic (exact) mass is 206 g/mol. The van der Waals surface area contributed by atoms with E-state index in [4.69, 9.17) is 5.73 Å². The number of halogens is 2. The third-order valence-electron chi connectivity index (χ3n) is 1.66. The summed E-state index contributed by atoms with van der Waals surface area (Å²) in [5, 5.41) is 16.0. The molecule has 0 aliphatic carbocycles. The van der Waals surface area contributed by atoms with Gasteiger partial charge in [-0.2, -0.15) is 5.10 Å². The van der Waals surface area contributed by atoms with Crippen LogP contribution in [0.5, 0.6) is 0 Å². The molecule has 0 fully saturated rings. The molecule has 0 aliphatic rings. The zero-order chi connectivity index (χ0) is 10.7. The van der Waals surface area contributed by atoms with Crippen molar-refractivity contribution in [2.75, 3.05) is 0 Å². The second-order valence-electron chi connectivity index (χ2n) is 2.69. The van der Waals surface area contributed by atoms with Crippen LogP contribution in [0.4, 0.5) is 14.5 Å². The number of nitro groups is 1. The molecule has 3 N–H and O–H groups in total. The SMILES string of the molecule is NC(Cc1[nH]ncc1[N+](=O)[O-])C(F)F. The molecular weight excluding hydrogens is 198 g/mol. The van der Waals surface area contributed by atoms with Gasteiger partial charge in [0, 0.05) is 6.42 Å². The van der Waals surface area contributed by atoms with Crippen molar-refractivity contribution in [3.8, 4) is 0 Å². The first-order chi connectivity index (χ1) is 6.52. The van der Waals surface area contributed by atoms with Gasteiger partial charge in [0.25, 0.3) is 6.43 Å². The number of aromatic amines is 1. The zero-order valence-corrected chi connectivity index (χ0v) is 6.98. The molecule has 1 atom stereocenters. The van der Waals surface area contributed by atoms with Crippen molar-refractivity contribution >= 4 is 5.69 Å². The van der Waals surface area contributed by atoms with Crippen molar-refractivity contribution in [3.05, 3.63) is 22.0 Å². The van der Waals surface area contributed by atoms with E-state index in [0.29, 0.717) is 0 Å². The summed E-state index contributed by atoms with van der Waals surface area (Å²) in [5.41, 5.74) is 4.75. The van der Waals surface area contributed by atoms with Gasteiger partial charge in [-0.15, -0.1) is 0 Å². The maximum absolute atomic E-state index is 12.0. The van der Waals surface area contributed by atoms with Crippen molar-refractivity contribution in [1.29, 1.82) is 0 Å². The molecule has 0 aromatic carbocycles. The Hall–Kier alpha value is -1.57. The Bertz CT molecular complexity index is 327. The summed E-state index contributed by atoms with van der Waals surface area (Å²) in [6.07, 6.45) is -2.04. The molecule has 0 radical (unpaired) electrons. The van der Waals surface area contributed by atoms with Crippen molar-refractivity contribution in [2.24, 2.45) is 5.73 Å². The fourth-order valence-corrected chi connectivity index (χ4v) is 0.939. The van der Waals surface area contributed by atoms with Gasteiger partial charge < -0.3 is 5.73 Å². The van der Waals surface area contributed by atoms with E-state index in [-0.39, 0.29) is 17.8 Å². The standard InChI is InChI=1S/C6H8F2N4O2/c7-6(8)3(9)1-4-5(12(13)14)2-10-11-4/h2-3,6H,1,9H2,(H,10,11). The molecular formula is C6H8F2N4O2. The van der Waals surface area contributed by atoms with Gasteiger partial charge in [-0.05, 0) is 0 Å². The number of rotatable bonds is 4. The Balaban J connectivity index is 2.76. The molecule has 6 nitrogen and oxygen atoms in total. The second-order valence-corrected chi connectivity index (χ2v) is 2.69. The molecule has 0 saturated carbocycles. The lowest BCUT2D eigenvalue weighted by molar-refractivity contribution is -0.385. The van der Waals surface area contributed by atoms with Crippen LogP contribution in [0.25, 0.3) is 0 Å². The molecule has 1 aromatic heterocycles. The number of hydrogen-bond donors (Lipinski definition) is 2. The number of hydrogen-bond acceptors (Lipinski definition) is 4. The van der Waals surface area contributed by atoms with E-state index >= 15 is 0 Å². The lowest BCUT2D eigenvalue weighted by Gasteiger charge is -2.07. The normalized spacial score (nSPS) is 13.1. The predicted molar refractivity (Wildman–Crippen MR) is 42.9 cm³/mol. The highest BCUT2D eigenvalue weighted by molar-refractivity contribution is 5.32. The Morgan fingerprint density at radius 3 is 2.86 bits per heavy atom. The highest BCUT2D eigenvalue weighted by Crippen LogP contribution is 2.17. The van der Waals surface area contributed by atoms with Crippen molar-refractivity contribution in [3.63, 3.8) is 0 Å². The van der Waals surface area contributed by atoms with Gasteiger partial charge in [0.2, 0.25) is 0 Å². The first-order valence-electron chi connectivity index (χ1n) is 3.72. The van der Waals surface area contributed by atoms with E-state index in [1.165, 1.54) is 0 Å². The lowest BCUT2D eigenvalue weighted by Crippen LogP contribution is -2.31. The summed E-state index contributed by atoms with van der Waals surface area (Å²) in [4.78, 5) is 9.65. The number of nitrogens with one attached hydrogen (secondary N) is 1. The Kier molecular flexibility index (Phi) is 3.07. The van der Waals surface area contributed by atoms with Crippen LogP contribution >= 0.6 is 0 Å². The van der Waals surface area contributed by atoms with Crippen LogP contribution < -0.4 is 5.73 Å². The van der Waals surface area contributed by atoms with Crippen LogP contribution in [-0.4, -0.2) is 27.6 Å². The molecule has 8 heteroatoms. The van der Waals surface area contributed by atoms with E-state index < -0.39 is 17.4 Å². The molecule has 0 spiro atoms. The summed E-state index contributed by atoms with van der Waals surface area (Å²) in [5.74, 6) is 0. The van der Waals surface area contributed by atoms with Gasteiger partial charge >= 0.3 is 5.69 Å². The van der Waals surface area contributed by atoms with Crippen LogP contribution in [0.2, 0.25) is 0 Å². The minimum absolute atomic E-state index is 0.0165. The summed E-state index contributed by atoms with van der Waals surface area (Å²) in [7, 11) is 0. The summed E-state index contributed by atoms with van der Waals surface area (Å²) < 4.78 is 24.0. The van der Waals surface area contributed by atoms with Crippen LogP contribution in [0.15, 0.2) is 6.20 Å². The topological polar surface area (TPSA) is 97.8 Å². The molecule has 0 saturated heterocycles. The lowest BCUT2D eigenvalue weighted by atomic mass is 10.1. The highest BCUT2D eigenvalue weighted by Gasteiger charge is 2.22. The number of nitrogens with zero attached hydrogens (tertiary/aromatic N) is 2. The molecule has 0 amide bonds. The van der Waals surface area contributed by atoms with Gasteiger partial charge in [0.15, 0.2) is 0 Å². The molecule has 78 valence electrons. The number of aromatic nitrogens is 2. The second kappa shape index (κ2) is 4.09. The Morgan fingerprint density at radius 2 is 2.36 bits per heavy atom. The molecule has 0 aliphatic heterocycles. The van der Waals surface area contributed by atoms with Crippen molar-refractivity contribution in [1.82, 2.24) is 10.2 Å². The maximum Gasteiger partial charge on any atom is 0.309 e. The molecule has 1 heterocycles. The molecule has 1 unspecified atom stereocenters. The fourth-order valence-electron chi connectivity index (χ4n) is 0.939. The number of H-pyrrole nitrogens is 1. The van der Waals surface area contributed by atoms with E-state index in [1.807, 2.05) is 0 Å². The summed E-state index contributed by atoms with van der Waals surface area (Å²) >= 11 is 0. The van der Waals surface area contributed by atoms with Gasteiger partial charge in [-0.3, -0.25) is 15.2 Å². The zero-order valence-electron chi connectivity index (χ0n) is 6.98. The maximum atomic E-state index is 12.0.